The van der Waals surface area contributed by atoms with E-state index in [-0.39, 0.29) is 0 Å². The molecule has 1 aliphatic rings. The maximum atomic E-state index is 5.72. The van der Waals surface area contributed by atoms with Gasteiger partial charge in [-0.2, -0.15) is 0 Å². The molecule has 1 saturated heterocycles. The molecule has 1 aromatic rings. The zero-order valence-electron chi connectivity index (χ0n) is 15.8. The molecule has 1 fully saturated rings. The quantitative estimate of drug-likeness (QED) is 0.389. The standard InChI is InChI=1S/C20H34N4O/c1-3-21-20(23-17-18-11-10-15-24(18)4-2)22-14-8-9-16-25-19-12-6-5-7-13-19/h5-7,12-13,18H,3-4,8-11,14-17H2,1-2H3,(H2,21,22,23). The van der Waals surface area contributed by atoms with E-state index in [2.05, 4.69) is 29.4 Å². The van der Waals surface area contributed by atoms with E-state index in [9.17, 15) is 0 Å². The van der Waals surface area contributed by atoms with Crippen molar-refractivity contribution in [3.8, 4) is 5.75 Å². The fourth-order valence-corrected chi connectivity index (χ4v) is 3.20. The third-order valence-corrected chi connectivity index (χ3v) is 4.59. The maximum Gasteiger partial charge on any atom is 0.191 e. The van der Waals surface area contributed by atoms with Crippen molar-refractivity contribution in [2.45, 2.75) is 45.6 Å². The maximum absolute atomic E-state index is 5.72. The summed E-state index contributed by atoms with van der Waals surface area (Å²) in [6, 6.07) is 10.6. The number of likely N-dealkylation sites (tertiary alicyclic amines) is 1. The largest absolute Gasteiger partial charge is 0.494 e. The van der Waals surface area contributed by atoms with Crippen molar-refractivity contribution in [3.63, 3.8) is 0 Å². The van der Waals surface area contributed by atoms with Crippen molar-refractivity contribution < 1.29 is 4.74 Å². The van der Waals surface area contributed by atoms with Crippen LogP contribution in [0, 0.1) is 0 Å². The van der Waals surface area contributed by atoms with Gasteiger partial charge in [-0.25, -0.2) is 0 Å². The van der Waals surface area contributed by atoms with E-state index in [1.54, 1.807) is 0 Å². The summed E-state index contributed by atoms with van der Waals surface area (Å²) in [4.78, 5) is 7.32. The van der Waals surface area contributed by atoms with Crippen LogP contribution in [0.3, 0.4) is 0 Å². The van der Waals surface area contributed by atoms with Crippen molar-refractivity contribution >= 4 is 5.96 Å². The van der Waals surface area contributed by atoms with Crippen LogP contribution >= 0.6 is 0 Å². The Morgan fingerprint density at radius 1 is 1.20 bits per heavy atom. The van der Waals surface area contributed by atoms with E-state index >= 15 is 0 Å². The molecule has 0 saturated carbocycles. The van der Waals surface area contributed by atoms with Crippen molar-refractivity contribution in [2.24, 2.45) is 4.99 Å². The highest BCUT2D eigenvalue weighted by Gasteiger charge is 2.22. The lowest BCUT2D eigenvalue weighted by atomic mass is 10.2. The lowest BCUT2D eigenvalue weighted by Crippen LogP contribution is -2.39. The van der Waals surface area contributed by atoms with Gasteiger partial charge >= 0.3 is 0 Å². The molecule has 0 radical (unpaired) electrons. The van der Waals surface area contributed by atoms with Crippen LogP contribution < -0.4 is 15.4 Å². The molecule has 2 N–H and O–H groups in total. The summed E-state index contributed by atoms with van der Waals surface area (Å²) in [5.74, 6) is 1.89. The second-order valence-corrected chi connectivity index (χ2v) is 6.44. The first-order valence-electron chi connectivity index (χ1n) is 9.77. The molecule has 0 aromatic heterocycles. The fraction of sp³-hybridized carbons (Fsp3) is 0.650. The third kappa shape index (κ3) is 7.34. The second kappa shape index (κ2) is 11.7. The Balaban J connectivity index is 1.62. The minimum absolute atomic E-state index is 0.611. The highest BCUT2D eigenvalue weighted by Crippen LogP contribution is 2.16. The van der Waals surface area contributed by atoms with Crippen LogP contribution in [0.25, 0.3) is 0 Å². The van der Waals surface area contributed by atoms with Crippen molar-refractivity contribution in [1.29, 1.82) is 0 Å². The average molecular weight is 347 g/mol. The van der Waals surface area contributed by atoms with Crippen LogP contribution in [-0.2, 0) is 0 Å². The number of benzene rings is 1. The molecule has 0 spiro atoms. The second-order valence-electron chi connectivity index (χ2n) is 6.44. The van der Waals surface area contributed by atoms with Gasteiger partial charge in [-0.1, -0.05) is 25.1 Å². The van der Waals surface area contributed by atoms with Crippen molar-refractivity contribution in [2.75, 3.05) is 39.3 Å². The highest BCUT2D eigenvalue weighted by molar-refractivity contribution is 5.79. The lowest BCUT2D eigenvalue weighted by molar-refractivity contribution is 0.273. The molecule has 25 heavy (non-hydrogen) atoms. The van der Waals surface area contributed by atoms with E-state index in [1.807, 2.05) is 30.3 Å². The normalized spacial score (nSPS) is 18.3. The number of aliphatic imine (C=N–C) groups is 1. The Labute approximate surface area is 152 Å². The summed E-state index contributed by atoms with van der Waals surface area (Å²) in [7, 11) is 0. The average Bonchev–Trinajstić information content (AvgIpc) is 3.11. The molecule has 0 aliphatic carbocycles. The minimum atomic E-state index is 0.611. The first kappa shape index (κ1) is 19.6. The SMILES string of the molecule is CCNC(=NCC1CCCN1CC)NCCCCOc1ccccc1. The molecule has 1 unspecified atom stereocenters. The molecule has 1 aliphatic heterocycles. The van der Waals surface area contributed by atoms with Gasteiger partial charge in [-0.3, -0.25) is 9.89 Å². The van der Waals surface area contributed by atoms with Gasteiger partial charge in [0, 0.05) is 19.1 Å². The zero-order chi connectivity index (χ0) is 17.7. The Morgan fingerprint density at radius 3 is 2.80 bits per heavy atom. The van der Waals surface area contributed by atoms with Crippen LogP contribution in [0.2, 0.25) is 0 Å². The number of likely N-dealkylation sites (N-methyl/N-ethyl adjacent to an activating group) is 1. The van der Waals surface area contributed by atoms with Crippen LogP contribution in [0.1, 0.15) is 39.5 Å². The van der Waals surface area contributed by atoms with Crippen molar-refractivity contribution in [1.82, 2.24) is 15.5 Å². The van der Waals surface area contributed by atoms with Gasteiger partial charge in [0.1, 0.15) is 5.75 Å². The lowest BCUT2D eigenvalue weighted by Gasteiger charge is -2.21. The molecule has 1 heterocycles. The van der Waals surface area contributed by atoms with E-state index in [0.717, 1.165) is 57.3 Å². The first-order valence-corrected chi connectivity index (χ1v) is 9.77. The minimum Gasteiger partial charge on any atom is -0.494 e. The zero-order valence-corrected chi connectivity index (χ0v) is 15.8. The molecule has 1 atom stereocenters. The summed E-state index contributed by atoms with van der Waals surface area (Å²) in [6.45, 7) is 10.2. The Bertz CT molecular complexity index is 492. The molecule has 0 bridgehead atoms. The Hall–Kier alpha value is -1.75. The summed E-state index contributed by atoms with van der Waals surface area (Å²) in [6.07, 6.45) is 4.68. The van der Waals surface area contributed by atoms with Gasteiger partial charge in [-0.05, 0) is 57.8 Å². The molecule has 5 nitrogen and oxygen atoms in total. The summed E-state index contributed by atoms with van der Waals surface area (Å²) >= 11 is 0. The number of rotatable bonds is 10. The van der Waals surface area contributed by atoms with Crippen molar-refractivity contribution in [3.05, 3.63) is 30.3 Å². The molecule has 0 amide bonds. The van der Waals surface area contributed by atoms with Gasteiger partial charge in [-0.15, -0.1) is 0 Å². The highest BCUT2D eigenvalue weighted by atomic mass is 16.5. The number of nitrogens with one attached hydrogen (secondary N) is 2. The number of ether oxygens (including phenoxy) is 1. The Kier molecular flexibility index (Phi) is 9.19. The molecule has 2 rings (SSSR count). The van der Waals surface area contributed by atoms with Gasteiger partial charge in [0.15, 0.2) is 5.96 Å². The fourth-order valence-electron chi connectivity index (χ4n) is 3.20. The van der Waals surface area contributed by atoms with E-state index in [4.69, 9.17) is 9.73 Å². The summed E-state index contributed by atoms with van der Waals surface area (Å²) in [5.41, 5.74) is 0. The van der Waals surface area contributed by atoms with Crippen LogP contribution in [0.15, 0.2) is 35.3 Å². The first-order chi connectivity index (χ1) is 12.3. The van der Waals surface area contributed by atoms with Crippen LogP contribution in [0.4, 0.5) is 0 Å². The number of hydrogen-bond donors (Lipinski definition) is 2. The topological polar surface area (TPSA) is 48.9 Å². The number of unbranched alkanes of at least 4 members (excludes halogenated alkanes) is 1. The predicted molar refractivity (Wildman–Crippen MR) is 105 cm³/mol. The van der Waals surface area contributed by atoms with E-state index in [0.29, 0.717) is 6.04 Å². The molecule has 1 aromatic carbocycles. The van der Waals surface area contributed by atoms with Gasteiger partial charge < -0.3 is 15.4 Å². The number of guanidine groups is 1. The van der Waals surface area contributed by atoms with E-state index in [1.165, 1.54) is 19.4 Å². The summed E-state index contributed by atoms with van der Waals surface area (Å²) in [5, 5.41) is 6.79. The Morgan fingerprint density at radius 2 is 2.04 bits per heavy atom. The molecular weight excluding hydrogens is 312 g/mol. The van der Waals surface area contributed by atoms with Crippen LogP contribution in [0.5, 0.6) is 5.75 Å². The molecule has 5 heteroatoms. The third-order valence-electron chi connectivity index (χ3n) is 4.59. The number of nitrogens with zero attached hydrogens (tertiary/aromatic N) is 2. The van der Waals surface area contributed by atoms with Crippen LogP contribution in [-0.4, -0.2) is 56.2 Å². The summed E-state index contributed by atoms with van der Waals surface area (Å²) < 4.78 is 5.72. The van der Waals surface area contributed by atoms with Gasteiger partial charge in [0.05, 0.1) is 13.2 Å². The molecule has 140 valence electrons. The predicted octanol–water partition coefficient (Wildman–Crippen LogP) is 2.89. The van der Waals surface area contributed by atoms with Gasteiger partial charge in [0.25, 0.3) is 0 Å². The smallest absolute Gasteiger partial charge is 0.191 e. The van der Waals surface area contributed by atoms with E-state index < -0.39 is 0 Å². The number of hydrogen-bond acceptors (Lipinski definition) is 3. The monoisotopic (exact) mass is 346 g/mol. The number of para-hydroxylation sites is 1. The van der Waals surface area contributed by atoms with Gasteiger partial charge in [0.2, 0.25) is 0 Å². The molecular formula is C20H34N4O.